The lowest BCUT2D eigenvalue weighted by atomic mass is 9.97. The minimum atomic E-state index is -4.47. The minimum Gasteiger partial charge on any atom is -0.493 e. The predicted molar refractivity (Wildman–Crippen MR) is 116 cm³/mol. The molecule has 0 saturated carbocycles. The summed E-state index contributed by atoms with van der Waals surface area (Å²) in [5, 5.41) is 3.06. The van der Waals surface area contributed by atoms with Crippen LogP contribution in [-0.2, 0) is 12.6 Å². The Labute approximate surface area is 179 Å². The summed E-state index contributed by atoms with van der Waals surface area (Å²) in [6.45, 7) is 2.32. The molecule has 0 radical (unpaired) electrons. The number of thioether (sulfide) groups is 1. The van der Waals surface area contributed by atoms with Gasteiger partial charge >= 0.3 is 6.18 Å². The van der Waals surface area contributed by atoms with Gasteiger partial charge in [0.1, 0.15) is 5.75 Å². The molecule has 8 heteroatoms. The maximum Gasteiger partial charge on any atom is 0.420 e. The second-order valence-electron chi connectivity index (χ2n) is 7.10. The number of fused-ring (bicyclic) bond motifs is 1. The van der Waals surface area contributed by atoms with E-state index in [9.17, 15) is 13.2 Å². The summed E-state index contributed by atoms with van der Waals surface area (Å²) < 4.78 is 45.8. The van der Waals surface area contributed by atoms with Crippen molar-refractivity contribution in [3.05, 3.63) is 58.3 Å². The fourth-order valence-corrected chi connectivity index (χ4v) is 4.23. The molecule has 4 nitrogen and oxygen atoms in total. The van der Waals surface area contributed by atoms with Gasteiger partial charge in [0.15, 0.2) is 0 Å². The van der Waals surface area contributed by atoms with Crippen molar-refractivity contribution >= 4 is 23.1 Å². The van der Waals surface area contributed by atoms with E-state index in [0.29, 0.717) is 11.6 Å². The van der Waals surface area contributed by atoms with E-state index in [4.69, 9.17) is 10.5 Å². The molecule has 0 fully saturated rings. The van der Waals surface area contributed by atoms with Gasteiger partial charge in [-0.2, -0.15) is 13.2 Å². The standard InChI is InChI=1S/C22H26F3N3OS/c1-2-3-4-11-29-19-7-6-16(12-18(19)22(23,24)25)28-14-30-20-8-5-15-13-27-10-9-17(15)21(20)26/h6-7,9-10,12-13,28H,2-5,8,11,14,26H2,1H3. The van der Waals surface area contributed by atoms with Crippen molar-refractivity contribution in [2.75, 3.05) is 17.8 Å². The Morgan fingerprint density at radius 2 is 2.03 bits per heavy atom. The Morgan fingerprint density at radius 3 is 2.80 bits per heavy atom. The average molecular weight is 438 g/mol. The van der Waals surface area contributed by atoms with Crippen molar-refractivity contribution in [1.82, 2.24) is 4.98 Å². The highest BCUT2D eigenvalue weighted by Gasteiger charge is 2.34. The summed E-state index contributed by atoms with van der Waals surface area (Å²) in [6, 6.07) is 6.01. The number of anilines is 1. The third-order valence-electron chi connectivity index (χ3n) is 4.93. The van der Waals surface area contributed by atoms with Crippen LogP contribution < -0.4 is 15.8 Å². The fourth-order valence-electron chi connectivity index (χ4n) is 3.30. The van der Waals surface area contributed by atoms with Crippen LogP contribution >= 0.6 is 11.8 Å². The van der Waals surface area contributed by atoms with E-state index in [-0.39, 0.29) is 12.4 Å². The largest absolute Gasteiger partial charge is 0.493 e. The number of alkyl halides is 3. The molecule has 0 aliphatic heterocycles. The van der Waals surface area contributed by atoms with Crippen molar-refractivity contribution in [2.24, 2.45) is 5.73 Å². The van der Waals surface area contributed by atoms with Crippen LogP contribution in [0.2, 0.25) is 0 Å². The van der Waals surface area contributed by atoms with Gasteiger partial charge in [-0.25, -0.2) is 0 Å². The number of pyridine rings is 1. The second kappa shape index (κ2) is 10.1. The van der Waals surface area contributed by atoms with Gasteiger partial charge < -0.3 is 15.8 Å². The highest BCUT2D eigenvalue weighted by atomic mass is 32.2. The number of allylic oxidation sites excluding steroid dienone is 1. The number of benzene rings is 1. The Bertz CT molecular complexity index is 899. The van der Waals surface area contributed by atoms with Crippen LogP contribution in [0.15, 0.2) is 41.6 Å². The van der Waals surface area contributed by atoms with E-state index >= 15 is 0 Å². The van der Waals surface area contributed by atoms with Gasteiger partial charge in [-0.15, -0.1) is 11.8 Å². The molecule has 0 spiro atoms. The maximum absolute atomic E-state index is 13.5. The van der Waals surface area contributed by atoms with Gasteiger partial charge in [0.25, 0.3) is 0 Å². The third kappa shape index (κ3) is 5.62. The molecular formula is C22H26F3N3OS. The zero-order chi connectivity index (χ0) is 21.6. The zero-order valence-electron chi connectivity index (χ0n) is 16.9. The molecule has 1 aliphatic rings. The highest BCUT2D eigenvalue weighted by molar-refractivity contribution is 8.03. The Kier molecular flexibility index (Phi) is 7.53. The first-order valence-corrected chi connectivity index (χ1v) is 11.0. The van der Waals surface area contributed by atoms with Gasteiger partial charge in [-0.05, 0) is 49.1 Å². The molecule has 0 bridgehead atoms. The van der Waals surface area contributed by atoms with Gasteiger partial charge in [0, 0.05) is 34.2 Å². The molecule has 3 N–H and O–H groups in total. The Hall–Kier alpha value is -2.35. The molecule has 1 aromatic carbocycles. The monoisotopic (exact) mass is 437 g/mol. The number of nitrogens with one attached hydrogen (secondary N) is 1. The molecule has 30 heavy (non-hydrogen) atoms. The molecule has 0 atom stereocenters. The van der Waals surface area contributed by atoms with Crippen molar-refractivity contribution < 1.29 is 17.9 Å². The van der Waals surface area contributed by atoms with Gasteiger partial charge in [-0.3, -0.25) is 4.98 Å². The van der Waals surface area contributed by atoms with E-state index in [1.54, 1.807) is 12.3 Å². The lowest BCUT2D eigenvalue weighted by Gasteiger charge is -2.20. The van der Waals surface area contributed by atoms with Gasteiger partial charge in [-0.1, -0.05) is 19.8 Å². The number of unbranched alkanes of at least 4 members (excludes halogenated alkanes) is 2. The second-order valence-corrected chi connectivity index (χ2v) is 8.17. The molecule has 1 heterocycles. The molecule has 0 amide bonds. The van der Waals surface area contributed by atoms with E-state index in [1.165, 1.54) is 17.8 Å². The summed E-state index contributed by atoms with van der Waals surface area (Å²) >= 11 is 1.51. The van der Waals surface area contributed by atoms with Crippen molar-refractivity contribution in [2.45, 2.75) is 45.2 Å². The van der Waals surface area contributed by atoms with E-state index in [1.807, 2.05) is 19.2 Å². The van der Waals surface area contributed by atoms with E-state index in [2.05, 4.69) is 10.3 Å². The fraction of sp³-hybridized carbons (Fsp3) is 0.409. The van der Waals surface area contributed by atoms with E-state index < -0.39 is 11.7 Å². The van der Waals surface area contributed by atoms with E-state index in [0.717, 1.165) is 59.9 Å². The average Bonchev–Trinajstić information content (AvgIpc) is 2.73. The number of aryl methyl sites for hydroxylation is 1. The van der Waals surface area contributed by atoms with Crippen molar-refractivity contribution in [1.29, 1.82) is 0 Å². The zero-order valence-corrected chi connectivity index (χ0v) is 17.7. The van der Waals surface area contributed by atoms with Crippen LogP contribution in [0.25, 0.3) is 5.70 Å². The summed E-state index contributed by atoms with van der Waals surface area (Å²) in [5.74, 6) is 0.297. The molecular weight excluding hydrogens is 411 g/mol. The maximum atomic E-state index is 13.5. The molecule has 0 unspecified atom stereocenters. The molecule has 1 aromatic heterocycles. The number of hydrogen-bond acceptors (Lipinski definition) is 5. The van der Waals surface area contributed by atoms with Crippen molar-refractivity contribution in [3.63, 3.8) is 0 Å². The molecule has 3 rings (SSSR count). The first-order chi connectivity index (χ1) is 14.4. The highest BCUT2D eigenvalue weighted by Crippen LogP contribution is 2.39. The summed E-state index contributed by atoms with van der Waals surface area (Å²) in [5.41, 5.74) is 8.75. The SMILES string of the molecule is CCCCCOc1ccc(NCSC2=C(N)c3ccncc3CC2)cc1C(F)(F)F. The Morgan fingerprint density at radius 1 is 1.20 bits per heavy atom. The summed E-state index contributed by atoms with van der Waals surface area (Å²) in [4.78, 5) is 5.16. The van der Waals surface area contributed by atoms with Gasteiger partial charge in [0.2, 0.25) is 0 Å². The summed E-state index contributed by atoms with van der Waals surface area (Å²) in [7, 11) is 0. The molecule has 2 aromatic rings. The minimum absolute atomic E-state index is 0.124. The third-order valence-corrected chi connectivity index (χ3v) is 5.99. The number of aromatic nitrogens is 1. The van der Waals surface area contributed by atoms with Gasteiger partial charge in [0.05, 0.1) is 18.0 Å². The van der Waals surface area contributed by atoms with Crippen LogP contribution in [0.3, 0.4) is 0 Å². The number of nitrogens with two attached hydrogens (primary N) is 1. The number of ether oxygens (including phenoxy) is 1. The van der Waals surface area contributed by atoms with Crippen LogP contribution in [0.1, 0.15) is 49.3 Å². The molecule has 1 aliphatic carbocycles. The number of nitrogens with zero attached hydrogens (tertiary/aromatic N) is 1. The first-order valence-electron chi connectivity index (χ1n) is 10.0. The predicted octanol–water partition coefficient (Wildman–Crippen LogP) is 6.05. The number of halogens is 3. The number of hydrogen-bond donors (Lipinski definition) is 2. The van der Waals surface area contributed by atoms with Crippen LogP contribution in [0, 0.1) is 0 Å². The summed E-state index contributed by atoms with van der Waals surface area (Å²) in [6.07, 6.45) is 3.37. The lowest BCUT2D eigenvalue weighted by molar-refractivity contribution is -0.138. The van der Waals surface area contributed by atoms with Crippen LogP contribution in [-0.4, -0.2) is 17.5 Å². The quantitative estimate of drug-likeness (QED) is 0.370. The smallest absolute Gasteiger partial charge is 0.420 e. The molecule has 162 valence electrons. The lowest BCUT2D eigenvalue weighted by Crippen LogP contribution is -2.12. The topological polar surface area (TPSA) is 60.2 Å². The van der Waals surface area contributed by atoms with Crippen LogP contribution in [0.4, 0.5) is 18.9 Å². The molecule has 0 saturated heterocycles. The number of rotatable bonds is 9. The normalized spacial score (nSPS) is 13.9. The first kappa shape index (κ1) is 22.3. The van der Waals surface area contributed by atoms with Crippen molar-refractivity contribution in [3.8, 4) is 5.75 Å². The van der Waals surface area contributed by atoms with Crippen LogP contribution in [0.5, 0.6) is 5.75 Å². The Balaban J connectivity index is 1.64.